The summed E-state index contributed by atoms with van der Waals surface area (Å²) in [5.74, 6) is 0.761. The van der Waals surface area contributed by atoms with Gasteiger partial charge in [0.1, 0.15) is 36.3 Å². The van der Waals surface area contributed by atoms with E-state index in [2.05, 4.69) is 38.1 Å². The summed E-state index contributed by atoms with van der Waals surface area (Å²) in [6, 6.07) is 12.4. The van der Waals surface area contributed by atoms with Crippen LogP contribution in [0.4, 0.5) is 0 Å². The molecule has 33 heavy (non-hydrogen) atoms. The standard InChI is InChI=1S/C27H36O6/c1-3-17-8-10-18(11-9-17)12-19-13-20(14-22(16(19)2)32-21-6-4-5-7-21)27-26(31)25(30)24(29)23(15-28)33-27/h8-11,13-14,21,23-31H,3-7,12,15H2,1-2H3/t23-,24-,25+,26-,27+/m1/s1. The van der Waals surface area contributed by atoms with Crippen LogP contribution >= 0.6 is 0 Å². The monoisotopic (exact) mass is 456 g/mol. The van der Waals surface area contributed by atoms with Gasteiger partial charge in [-0.1, -0.05) is 37.3 Å². The Morgan fingerprint density at radius 2 is 1.61 bits per heavy atom. The van der Waals surface area contributed by atoms with Crippen LogP contribution in [0.1, 0.15) is 66.5 Å². The summed E-state index contributed by atoms with van der Waals surface area (Å²) in [6.07, 6.45) is 0.296. The molecule has 0 spiro atoms. The molecule has 1 saturated heterocycles. The van der Waals surface area contributed by atoms with Crippen molar-refractivity contribution in [1.82, 2.24) is 0 Å². The van der Waals surface area contributed by atoms with Gasteiger partial charge in [-0.25, -0.2) is 0 Å². The first-order valence-electron chi connectivity index (χ1n) is 12.1. The van der Waals surface area contributed by atoms with E-state index in [0.29, 0.717) is 12.0 Å². The summed E-state index contributed by atoms with van der Waals surface area (Å²) in [5, 5.41) is 40.8. The lowest BCUT2D eigenvalue weighted by atomic mass is 9.88. The van der Waals surface area contributed by atoms with Crippen LogP contribution < -0.4 is 4.74 Å². The van der Waals surface area contributed by atoms with Crippen molar-refractivity contribution in [3.8, 4) is 5.75 Å². The maximum Gasteiger partial charge on any atom is 0.123 e. The van der Waals surface area contributed by atoms with Crippen LogP contribution in [0.15, 0.2) is 36.4 Å². The van der Waals surface area contributed by atoms with Crippen molar-refractivity contribution in [2.75, 3.05) is 6.61 Å². The molecular formula is C27H36O6. The zero-order valence-electron chi connectivity index (χ0n) is 19.5. The zero-order valence-corrected chi connectivity index (χ0v) is 19.5. The molecule has 4 rings (SSSR count). The van der Waals surface area contributed by atoms with E-state index < -0.39 is 37.1 Å². The van der Waals surface area contributed by atoms with E-state index in [1.807, 2.05) is 12.1 Å². The molecule has 6 heteroatoms. The second kappa shape index (κ2) is 10.5. The van der Waals surface area contributed by atoms with Crippen molar-refractivity contribution in [3.05, 3.63) is 64.2 Å². The van der Waals surface area contributed by atoms with Gasteiger partial charge in [0.2, 0.25) is 0 Å². The van der Waals surface area contributed by atoms with Gasteiger partial charge in [0.05, 0.1) is 12.7 Å². The molecule has 5 atom stereocenters. The van der Waals surface area contributed by atoms with Gasteiger partial charge in [0.25, 0.3) is 0 Å². The third-order valence-electron chi connectivity index (χ3n) is 7.13. The van der Waals surface area contributed by atoms with Gasteiger partial charge in [0.15, 0.2) is 0 Å². The van der Waals surface area contributed by atoms with Gasteiger partial charge in [-0.3, -0.25) is 0 Å². The van der Waals surface area contributed by atoms with Crippen LogP contribution in [-0.4, -0.2) is 57.6 Å². The highest BCUT2D eigenvalue weighted by molar-refractivity contribution is 5.46. The highest BCUT2D eigenvalue weighted by atomic mass is 16.5. The van der Waals surface area contributed by atoms with Crippen molar-refractivity contribution < 1.29 is 29.9 Å². The number of aliphatic hydroxyl groups is 4. The number of hydrogen-bond acceptors (Lipinski definition) is 6. The lowest BCUT2D eigenvalue weighted by molar-refractivity contribution is -0.231. The molecule has 2 aromatic carbocycles. The average molecular weight is 457 g/mol. The minimum absolute atomic E-state index is 0.172. The van der Waals surface area contributed by atoms with Crippen LogP contribution in [-0.2, 0) is 17.6 Å². The number of hydrogen-bond donors (Lipinski definition) is 4. The minimum atomic E-state index is -1.41. The van der Waals surface area contributed by atoms with E-state index in [9.17, 15) is 20.4 Å². The Labute approximate surface area is 195 Å². The molecule has 1 aliphatic heterocycles. The first-order chi connectivity index (χ1) is 15.9. The number of aryl methyl sites for hydroxylation is 1. The smallest absolute Gasteiger partial charge is 0.123 e. The molecule has 1 aliphatic carbocycles. The Morgan fingerprint density at radius 1 is 0.939 bits per heavy atom. The van der Waals surface area contributed by atoms with Crippen LogP contribution in [0.2, 0.25) is 0 Å². The van der Waals surface area contributed by atoms with E-state index >= 15 is 0 Å². The summed E-state index contributed by atoms with van der Waals surface area (Å²) in [4.78, 5) is 0. The van der Waals surface area contributed by atoms with Crippen LogP contribution in [0.5, 0.6) is 5.75 Å². The first-order valence-corrected chi connectivity index (χ1v) is 12.1. The fourth-order valence-corrected chi connectivity index (χ4v) is 4.91. The molecule has 2 fully saturated rings. The van der Waals surface area contributed by atoms with Crippen molar-refractivity contribution in [3.63, 3.8) is 0 Å². The SMILES string of the molecule is CCc1ccc(Cc2cc([C@@H]3O[C@H](CO)[C@@H](O)[C@H](O)[C@H]3O)cc(OC3CCCC3)c2C)cc1. The Balaban J connectivity index is 1.69. The normalized spacial score (nSPS) is 28.2. The molecule has 1 saturated carbocycles. The van der Waals surface area contributed by atoms with E-state index in [4.69, 9.17) is 9.47 Å². The Bertz CT molecular complexity index is 919. The van der Waals surface area contributed by atoms with E-state index in [1.54, 1.807) is 0 Å². The fourth-order valence-electron chi connectivity index (χ4n) is 4.91. The highest BCUT2D eigenvalue weighted by Gasteiger charge is 2.44. The largest absolute Gasteiger partial charge is 0.490 e. The summed E-state index contributed by atoms with van der Waals surface area (Å²) >= 11 is 0. The second-order valence-corrected chi connectivity index (χ2v) is 9.42. The zero-order chi connectivity index (χ0) is 23.5. The van der Waals surface area contributed by atoms with E-state index in [0.717, 1.165) is 49.0 Å². The van der Waals surface area contributed by atoms with Crippen LogP contribution in [0, 0.1) is 6.92 Å². The molecule has 0 unspecified atom stereocenters. The van der Waals surface area contributed by atoms with Gasteiger partial charge >= 0.3 is 0 Å². The highest BCUT2D eigenvalue weighted by Crippen LogP contribution is 2.38. The summed E-state index contributed by atoms with van der Waals surface area (Å²) in [5.41, 5.74) is 5.24. The Morgan fingerprint density at radius 3 is 2.24 bits per heavy atom. The molecule has 0 bridgehead atoms. The topological polar surface area (TPSA) is 99.4 Å². The maximum atomic E-state index is 10.7. The maximum absolute atomic E-state index is 10.7. The summed E-state index contributed by atoms with van der Waals surface area (Å²) in [6.45, 7) is 3.74. The Kier molecular flexibility index (Phi) is 7.72. The quantitative estimate of drug-likeness (QED) is 0.511. The van der Waals surface area contributed by atoms with Gasteiger partial charge in [0, 0.05) is 0 Å². The summed E-state index contributed by atoms with van der Waals surface area (Å²) in [7, 11) is 0. The predicted octanol–water partition coefficient (Wildman–Crippen LogP) is 2.98. The molecule has 180 valence electrons. The molecule has 2 aromatic rings. The van der Waals surface area contributed by atoms with Gasteiger partial charge in [-0.05, 0) is 79.3 Å². The predicted molar refractivity (Wildman–Crippen MR) is 125 cm³/mol. The molecule has 0 radical (unpaired) electrons. The number of benzene rings is 2. The van der Waals surface area contributed by atoms with E-state index in [-0.39, 0.29) is 6.10 Å². The van der Waals surface area contributed by atoms with Crippen LogP contribution in [0.3, 0.4) is 0 Å². The van der Waals surface area contributed by atoms with Crippen molar-refractivity contribution in [2.45, 2.75) is 89.0 Å². The number of rotatable bonds is 7. The van der Waals surface area contributed by atoms with Crippen molar-refractivity contribution in [1.29, 1.82) is 0 Å². The van der Waals surface area contributed by atoms with Gasteiger partial charge in [-0.15, -0.1) is 0 Å². The Hall–Kier alpha value is -1.96. The fraction of sp³-hybridized carbons (Fsp3) is 0.556. The van der Waals surface area contributed by atoms with Crippen LogP contribution in [0.25, 0.3) is 0 Å². The molecular weight excluding hydrogens is 420 g/mol. The number of ether oxygens (including phenoxy) is 2. The first kappa shape index (κ1) is 24.2. The molecule has 6 nitrogen and oxygen atoms in total. The molecule has 1 heterocycles. The second-order valence-electron chi connectivity index (χ2n) is 9.42. The van der Waals surface area contributed by atoms with Crippen molar-refractivity contribution >= 4 is 0 Å². The lowest BCUT2D eigenvalue weighted by Crippen LogP contribution is -2.55. The average Bonchev–Trinajstić information content (AvgIpc) is 3.34. The van der Waals surface area contributed by atoms with Crippen molar-refractivity contribution in [2.24, 2.45) is 0 Å². The molecule has 0 aromatic heterocycles. The molecule has 0 amide bonds. The molecule has 2 aliphatic rings. The number of aliphatic hydroxyl groups excluding tert-OH is 4. The van der Waals surface area contributed by atoms with Gasteiger partial charge in [-0.2, -0.15) is 0 Å². The summed E-state index contributed by atoms with van der Waals surface area (Å²) < 4.78 is 12.2. The third-order valence-corrected chi connectivity index (χ3v) is 7.13. The molecule has 4 N–H and O–H groups in total. The third kappa shape index (κ3) is 5.26. The van der Waals surface area contributed by atoms with E-state index in [1.165, 1.54) is 11.1 Å². The van der Waals surface area contributed by atoms with Gasteiger partial charge < -0.3 is 29.9 Å². The lowest BCUT2D eigenvalue weighted by Gasteiger charge is -2.40. The minimum Gasteiger partial charge on any atom is -0.490 e.